The van der Waals surface area contributed by atoms with Crippen LogP contribution in [0.3, 0.4) is 0 Å². The number of benzene rings is 2. The minimum absolute atomic E-state index is 0.168. The van der Waals surface area contributed by atoms with Crippen LogP contribution in [0.5, 0.6) is 0 Å². The number of para-hydroxylation sites is 2. The first-order valence-corrected chi connectivity index (χ1v) is 13.3. The molecule has 1 aromatic heterocycles. The van der Waals surface area contributed by atoms with E-state index in [2.05, 4.69) is 34.5 Å². The lowest BCUT2D eigenvalue weighted by Gasteiger charge is -2.28. The first-order valence-electron chi connectivity index (χ1n) is 12.3. The van der Waals surface area contributed by atoms with Gasteiger partial charge in [-0.2, -0.15) is 0 Å². The predicted octanol–water partition coefficient (Wildman–Crippen LogP) is 5.96. The molecule has 0 radical (unpaired) electrons. The maximum Gasteiger partial charge on any atom is 0.326 e. The van der Waals surface area contributed by atoms with E-state index in [9.17, 15) is 4.79 Å². The number of fused-ring (bicyclic) bond motifs is 1. The molecule has 0 aliphatic carbocycles. The van der Waals surface area contributed by atoms with Crippen LogP contribution in [0.25, 0.3) is 11.0 Å². The molecule has 0 spiro atoms. The molecular formula is C27H36N4O2S. The van der Waals surface area contributed by atoms with Crippen molar-refractivity contribution in [3.63, 3.8) is 0 Å². The Morgan fingerprint density at radius 2 is 1.79 bits per heavy atom. The van der Waals surface area contributed by atoms with Gasteiger partial charge in [0.2, 0.25) is 0 Å². The summed E-state index contributed by atoms with van der Waals surface area (Å²) in [7, 11) is 0. The summed E-state index contributed by atoms with van der Waals surface area (Å²) in [4.78, 5) is 19.7. The molecule has 2 aromatic carbocycles. The summed E-state index contributed by atoms with van der Waals surface area (Å²) in [6.07, 6.45) is 4.94. The fourth-order valence-electron chi connectivity index (χ4n) is 4.23. The van der Waals surface area contributed by atoms with Crippen molar-refractivity contribution in [3.8, 4) is 0 Å². The maximum absolute atomic E-state index is 12.5. The fraction of sp³-hybridized carbons (Fsp3) is 0.481. The number of carbonyl (C=O) groups is 1. The van der Waals surface area contributed by atoms with Gasteiger partial charge in [-0.1, -0.05) is 23.9 Å². The zero-order valence-electron chi connectivity index (χ0n) is 20.5. The van der Waals surface area contributed by atoms with Gasteiger partial charge in [-0.05, 0) is 82.9 Å². The Bertz CT molecular complexity index is 1080. The summed E-state index contributed by atoms with van der Waals surface area (Å²) < 4.78 is 7.52. The number of piperidine rings is 1. The third-order valence-electron chi connectivity index (χ3n) is 5.80. The van der Waals surface area contributed by atoms with E-state index in [0.717, 1.165) is 40.6 Å². The number of ether oxygens (including phenoxy) is 1. The molecule has 0 amide bonds. The molecule has 0 atom stereocenters. The maximum atomic E-state index is 12.5. The Morgan fingerprint density at radius 1 is 1.06 bits per heavy atom. The third kappa shape index (κ3) is 6.69. The van der Waals surface area contributed by atoms with Crippen LogP contribution in [0.15, 0.2) is 53.7 Å². The van der Waals surface area contributed by atoms with E-state index in [4.69, 9.17) is 9.72 Å². The SMILES string of the molecule is CC(C)(C)OC(=O)Cn1c(SCCCNc2ccc(N3CCCCC3)cc2)nc2ccccc21. The van der Waals surface area contributed by atoms with Crippen molar-refractivity contribution in [3.05, 3.63) is 48.5 Å². The summed E-state index contributed by atoms with van der Waals surface area (Å²) in [6.45, 7) is 9.07. The van der Waals surface area contributed by atoms with Gasteiger partial charge in [-0.25, -0.2) is 4.98 Å². The first-order chi connectivity index (χ1) is 16.4. The molecule has 6 nitrogen and oxygen atoms in total. The van der Waals surface area contributed by atoms with Crippen LogP contribution in [0.4, 0.5) is 11.4 Å². The number of carbonyl (C=O) groups excluding carboxylic acids is 1. The van der Waals surface area contributed by atoms with Crippen molar-refractivity contribution in [2.75, 3.05) is 35.6 Å². The number of hydrogen-bond donors (Lipinski definition) is 1. The zero-order valence-corrected chi connectivity index (χ0v) is 21.4. The average molecular weight is 481 g/mol. The van der Waals surface area contributed by atoms with Crippen LogP contribution >= 0.6 is 11.8 Å². The molecular weight excluding hydrogens is 444 g/mol. The van der Waals surface area contributed by atoms with E-state index in [1.807, 2.05) is 49.6 Å². The van der Waals surface area contributed by atoms with Crippen molar-refractivity contribution in [1.82, 2.24) is 9.55 Å². The Morgan fingerprint density at radius 3 is 2.53 bits per heavy atom. The Kier molecular flexibility index (Phi) is 8.03. The molecule has 1 aliphatic heterocycles. The highest BCUT2D eigenvalue weighted by Gasteiger charge is 2.19. The van der Waals surface area contributed by atoms with E-state index in [1.54, 1.807) is 11.8 Å². The molecule has 182 valence electrons. The van der Waals surface area contributed by atoms with Crippen LogP contribution in [0.1, 0.15) is 46.5 Å². The standard InChI is InChI=1S/C27H36N4O2S/c1-27(2,3)33-25(32)20-31-24-11-6-5-10-23(24)29-26(31)34-19-9-16-28-21-12-14-22(15-13-21)30-17-7-4-8-18-30/h5-6,10-15,28H,4,7-9,16-20H2,1-3H3. The van der Waals surface area contributed by atoms with Gasteiger partial charge in [0.05, 0.1) is 11.0 Å². The smallest absolute Gasteiger partial charge is 0.326 e. The molecule has 0 bridgehead atoms. The number of aromatic nitrogens is 2. The van der Waals surface area contributed by atoms with Gasteiger partial charge in [0.1, 0.15) is 12.1 Å². The van der Waals surface area contributed by atoms with Gasteiger partial charge in [0.15, 0.2) is 5.16 Å². The summed E-state index contributed by atoms with van der Waals surface area (Å²) in [5.74, 6) is 0.670. The molecule has 1 saturated heterocycles. The highest BCUT2D eigenvalue weighted by Crippen LogP contribution is 2.26. The van der Waals surface area contributed by atoms with Crippen molar-refractivity contribution >= 4 is 40.1 Å². The molecule has 0 unspecified atom stereocenters. The molecule has 2 heterocycles. The number of rotatable bonds is 9. The average Bonchev–Trinajstić information content (AvgIpc) is 3.16. The summed E-state index contributed by atoms with van der Waals surface area (Å²) >= 11 is 1.69. The molecule has 0 saturated carbocycles. The lowest BCUT2D eigenvalue weighted by molar-refractivity contribution is -0.155. The van der Waals surface area contributed by atoms with Crippen LogP contribution < -0.4 is 10.2 Å². The lowest BCUT2D eigenvalue weighted by Crippen LogP contribution is -2.29. The van der Waals surface area contributed by atoms with Crippen LogP contribution in [-0.4, -0.2) is 46.5 Å². The second kappa shape index (κ2) is 11.2. The minimum Gasteiger partial charge on any atom is -0.459 e. The number of nitrogens with zero attached hydrogens (tertiary/aromatic N) is 3. The van der Waals surface area contributed by atoms with E-state index in [-0.39, 0.29) is 12.5 Å². The second-order valence-corrected chi connectivity index (χ2v) is 10.8. The minimum atomic E-state index is -0.502. The third-order valence-corrected chi connectivity index (χ3v) is 6.86. The second-order valence-electron chi connectivity index (χ2n) is 9.78. The number of esters is 1. The van der Waals surface area contributed by atoms with Crippen molar-refractivity contribution in [2.24, 2.45) is 0 Å². The zero-order chi connectivity index (χ0) is 24.0. The summed E-state index contributed by atoms with van der Waals surface area (Å²) in [5.41, 5.74) is 3.84. The highest BCUT2D eigenvalue weighted by molar-refractivity contribution is 7.99. The van der Waals surface area contributed by atoms with Crippen molar-refractivity contribution in [2.45, 2.75) is 63.8 Å². The van der Waals surface area contributed by atoms with E-state index in [1.165, 1.54) is 38.0 Å². The first kappa shape index (κ1) is 24.5. The lowest BCUT2D eigenvalue weighted by atomic mass is 10.1. The molecule has 7 heteroatoms. The Balaban J connectivity index is 1.29. The van der Waals surface area contributed by atoms with E-state index < -0.39 is 5.60 Å². The number of imidazole rings is 1. The predicted molar refractivity (Wildman–Crippen MR) is 142 cm³/mol. The van der Waals surface area contributed by atoms with Crippen LogP contribution in [0.2, 0.25) is 0 Å². The van der Waals surface area contributed by atoms with E-state index in [0.29, 0.717) is 0 Å². The monoisotopic (exact) mass is 480 g/mol. The summed E-state index contributed by atoms with van der Waals surface area (Å²) in [6, 6.07) is 16.7. The number of thioether (sulfide) groups is 1. The van der Waals surface area contributed by atoms with Gasteiger partial charge in [0.25, 0.3) is 0 Å². The van der Waals surface area contributed by atoms with Crippen LogP contribution in [-0.2, 0) is 16.1 Å². The Labute approximate surface area is 207 Å². The van der Waals surface area contributed by atoms with Gasteiger partial charge < -0.3 is 19.5 Å². The number of hydrogen-bond acceptors (Lipinski definition) is 6. The van der Waals surface area contributed by atoms with E-state index >= 15 is 0 Å². The van der Waals surface area contributed by atoms with Crippen molar-refractivity contribution in [1.29, 1.82) is 0 Å². The number of nitrogens with one attached hydrogen (secondary N) is 1. The molecule has 34 heavy (non-hydrogen) atoms. The topological polar surface area (TPSA) is 59.4 Å². The van der Waals surface area contributed by atoms with Crippen molar-refractivity contribution < 1.29 is 9.53 Å². The summed E-state index contributed by atoms with van der Waals surface area (Å²) in [5, 5.41) is 4.39. The van der Waals surface area contributed by atoms with Gasteiger partial charge in [-0.15, -0.1) is 0 Å². The van der Waals surface area contributed by atoms with Gasteiger partial charge in [-0.3, -0.25) is 4.79 Å². The molecule has 1 fully saturated rings. The molecule has 1 N–H and O–H groups in total. The Hall–Kier alpha value is -2.67. The molecule has 1 aliphatic rings. The van der Waals surface area contributed by atoms with Crippen LogP contribution in [0, 0.1) is 0 Å². The molecule has 3 aromatic rings. The normalized spacial score (nSPS) is 14.4. The quantitative estimate of drug-likeness (QED) is 0.232. The highest BCUT2D eigenvalue weighted by atomic mass is 32.2. The van der Waals surface area contributed by atoms with Gasteiger partial charge in [0, 0.05) is 36.8 Å². The molecule has 4 rings (SSSR count). The van der Waals surface area contributed by atoms with Gasteiger partial charge >= 0.3 is 5.97 Å². The largest absolute Gasteiger partial charge is 0.459 e. The number of anilines is 2. The fourth-order valence-corrected chi connectivity index (χ4v) is 5.18.